The predicted molar refractivity (Wildman–Crippen MR) is 124 cm³/mol. The standard InChI is InChI=1S/C25H24N4O5/c1-28-13-19(23(30)29-12-6-11-21(29)24(31)32)22(27-28)26-25(33)34-14-20-17-9-4-2-7-15(17)16-8-3-5-10-18(16)20/h2-5,7-10,13,20-21H,6,11-12,14H2,1H3,(H,31,32)(H,26,27,33). The van der Waals surface area contributed by atoms with Crippen LogP contribution in [0.15, 0.2) is 54.7 Å². The molecule has 1 atom stereocenters. The van der Waals surface area contributed by atoms with Gasteiger partial charge in [0.2, 0.25) is 0 Å². The third kappa shape index (κ3) is 3.79. The third-order valence-electron chi connectivity index (χ3n) is 6.42. The van der Waals surface area contributed by atoms with E-state index in [1.54, 1.807) is 7.05 Å². The number of amides is 2. The molecule has 34 heavy (non-hydrogen) atoms. The second-order valence-corrected chi connectivity index (χ2v) is 8.51. The third-order valence-corrected chi connectivity index (χ3v) is 6.42. The number of ether oxygens (including phenoxy) is 1. The molecule has 3 aromatic rings. The van der Waals surface area contributed by atoms with E-state index < -0.39 is 24.0 Å². The van der Waals surface area contributed by atoms with Gasteiger partial charge in [-0.15, -0.1) is 0 Å². The number of carbonyl (C=O) groups excluding carboxylic acids is 2. The molecule has 1 aliphatic heterocycles. The molecule has 0 radical (unpaired) electrons. The van der Waals surface area contributed by atoms with Crippen LogP contribution in [0.4, 0.5) is 10.6 Å². The van der Waals surface area contributed by atoms with Crippen LogP contribution in [0.3, 0.4) is 0 Å². The van der Waals surface area contributed by atoms with Gasteiger partial charge in [-0.3, -0.25) is 14.8 Å². The van der Waals surface area contributed by atoms with Crippen LogP contribution in [0.2, 0.25) is 0 Å². The number of nitrogens with one attached hydrogen (secondary N) is 1. The molecule has 1 fully saturated rings. The summed E-state index contributed by atoms with van der Waals surface area (Å²) in [5, 5.41) is 16.1. The van der Waals surface area contributed by atoms with E-state index in [0.29, 0.717) is 19.4 Å². The molecule has 0 spiro atoms. The van der Waals surface area contributed by atoms with Gasteiger partial charge in [-0.25, -0.2) is 9.59 Å². The summed E-state index contributed by atoms with van der Waals surface area (Å²) < 4.78 is 6.96. The number of hydrogen-bond acceptors (Lipinski definition) is 5. The number of carboxylic acid groups (broad SMARTS) is 1. The minimum Gasteiger partial charge on any atom is -0.480 e. The Morgan fingerprint density at radius 3 is 2.38 bits per heavy atom. The van der Waals surface area contributed by atoms with Gasteiger partial charge in [0, 0.05) is 25.7 Å². The maximum Gasteiger partial charge on any atom is 0.412 e. The first-order valence-electron chi connectivity index (χ1n) is 11.1. The number of anilines is 1. The Morgan fingerprint density at radius 1 is 1.09 bits per heavy atom. The maximum absolute atomic E-state index is 13.0. The van der Waals surface area contributed by atoms with Crippen molar-refractivity contribution in [3.8, 4) is 11.1 Å². The fourth-order valence-electron chi connectivity index (χ4n) is 4.89. The van der Waals surface area contributed by atoms with Crippen molar-refractivity contribution in [1.29, 1.82) is 0 Å². The summed E-state index contributed by atoms with van der Waals surface area (Å²) in [6, 6.07) is 15.2. The van der Waals surface area contributed by atoms with Gasteiger partial charge in [-0.1, -0.05) is 48.5 Å². The highest BCUT2D eigenvalue weighted by molar-refractivity contribution is 6.03. The average molecular weight is 460 g/mol. The smallest absolute Gasteiger partial charge is 0.412 e. The number of likely N-dealkylation sites (tertiary alicyclic amines) is 1. The molecule has 0 saturated carbocycles. The first-order valence-corrected chi connectivity index (χ1v) is 11.1. The highest BCUT2D eigenvalue weighted by Gasteiger charge is 2.36. The molecule has 174 valence electrons. The molecule has 1 aliphatic carbocycles. The van der Waals surface area contributed by atoms with Gasteiger partial charge >= 0.3 is 12.1 Å². The Morgan fingerprint density at radius 2 is 1.74 bits per heavy atom. The SMILES string of the molecule is Cn1cc(C(=O)N2CCCC2C(=O)O)c(NC(=O)OCC2c3ccccc3-c3ccccc32)n1. The molecule has 9 nitrogen and oxygen atoms in total. The van der Waals surface area contributed by atoms with Crippen molar-refractivity contribution in [1.82, 2.24) is 14.7 Å². The van der Waals surface area contributed by atoms with Crippen LogP contribution in [0.25, 0.3) is 11.1 Å². The van der Waals surface area contributed by atoms with Gasteiger partial charge in [0.15, 0.2) is 5.82 Å². The lowest BCUT2D eigenvalue weighted by molar-refractivity contribution is -0.141. The molecular formula is C25H24N4O5. The van der Waals surface area contributed by atoms with E-state index in [1.165, 1.54) is 15.8 Å². The summed E-state index contributed by atoms with van der Waals surface area (Å²) in [5.74, 6) is -1.57. The molecule has 2 N–H and O–H groups in total. The number of benzene rings is 2. The molecule has 1 unspecified atom stereocenters. The molecule has 9 heteroatoms. The zero-order valence-electron chi connectivity index (χ0n) is 18.6. The highest BCUT2D eigenvalue weighted by Crippen LogP contribution is 2.44. The number of rotatable bonds is 5. The number of aryl methyl sites for hydroxylation is 1. The lowest BCUT2D eigenvalue weighted by atomic mass is 9.98. The van der Waals surface area contributed by atoms with Gasteiger partial charge in [0.1, 0.15) is 18.2 Å². The molecule has 2 amide bonds. The molecule has 0 bridgehead atoms. The van der Waals surface area contributed by atoms with E-state index in [1.807, 2.05) is 36.4 Å². The quantitative estimate of drug-likeness (QED) is 0.603. The van der Waals surface area contributed by atoms with Crippen LogP contribution in [0, 0.1) is 0 Å². The van der Waals surface area contributed by atoms with Gasteiger partial charge in [-0.05, 0) is 35.1 Å². The van der Waals surface area contributed by atoms with Crippen LogP contribution in [0.5, 0.6) is 0 Å². The maximum atomic E-state index is 13.0. The Bertz CT molecular complexity index is 1240. The normalized spacial score (nSPS) is 16.7. The first-order chi connectivity index (χ1) is 16.4. The highest BCUT2D eigenvalue weighted by atomic mass is 16.5. The van der Waals surface area contributed by atoms with Crippen LogP contribution in [-0.2, 0) is 16.6 Å². The molecule has 2 heterocycles. The molecule has 1 saturated heterocycles. The van der Waals surface area contributed by atoms with Crippen molar-refractivity contribution in [3.05, 3.63) is 71.4 Å². The fraction of sp³-hybridized carbons (Fsp3) is 0.280. The van der Waals surface area contributed by atoms with E-state index in [9.17, 15) is 19.5 Å². The second-order valence-electron chi connectivity index (χ2n) is 8.51. The van der Waals surface area contributed by atoms with E-state index in [4.69, 9.17) is 4.74 Å². The Hall–Kier alpha value is -4.14. The molecule has 1 aromatic heterocycles. The van der Waals surface area contributed by atoms with Gasteiger partial charge < -0.3 is 14.7 Å². The average Bonchev–Trinajstić information content (AvgIpc) is 3.53. The van der Waals surface area contributed by atoms with Crippen LogP contribution in [-0.4, -0.2) is 57.0 Å². The van der Waals surface area contributed by atoms with E-state index in [2.05, 4.69) is 22.5 Å². The minimum atomic E-state index is -1.04. The minimum absolute atomic E-state index is 0.0424. The summed E-state index contributed by atoms with van der Waals surface area (Å²) >= 11 is 0. The molecular weight excluding hydrogens is 436 g/mol. The Kier molecular flexibility index (Phi) is 5.53. The number of hydrogen-bond donors (Lipinski definition) is 2. The summed E-state index contributed by atoms with van der Waals surface area (Å²) in [5.41, 5.74) is 4.58. The summed E-state index contributed by atoms with van der Waals surface area (Å²) in [7, 11) is 1.62. The van der Waals surface area contributed by atoms with Crippen molar-refractivity contribution in [3.63, 3.8) is 0 Å². The van der Waals surface area contributed by atoms with E-state index in [0.717, 1.165) is 22.3 Å². The largest absolute Gasteiger partial charge is 0.480 e. The van der Waals surface area contributed by atoms with Gasteiger partial charge in [-0.2, -0.15) is 5.10 Å². The first kappa shape index (κ1) is 21.7. The van der Waals surface area contributed by atoms with Crippen molar-refractivity contribution < 1.29 is 24.2 Å². The van der Waals surface area contributed by atoms with Crippen molar-refractivity contribution in [2.45, 2.75) is 24.8 Å². The Labute approximate surface area is 195 Å². The lowest BCUT2D eigenvalue weighted by Gasteiger charge is -2.21. The van der Waals surface area contributed by atoms with Crippen molar-refractivity contribution in [2.75, 3.05) is 18.5 Å². The summed E-state index contributed by atoms with van der Waals surface area (Å²) in [6.45, 7) is 0.471. The molecule has 2 aliphatic rings. The van der Waals surface area contributed by atoms with Crippen molar-refractivity contribution in [2.24, 2.45) is 7.05 Å². The van der Waals surface area contributed by atoms with E-state index in [-0.39, 0.29) is 23.9 Å². The van der Waals surface area contributed by atoms with Gasteiger partial charge in [0.25, 0.3) is 5.91 Å². The monoisotopic (exact) mass is 460 g/mol. The zero-order valence-corrected chi connectivity index (χ0v) is 18.6. The number of carboxylic acids is 1. The predicted octanol–water partition coefficient (Wildman–Crippen LogP) is 3.47. The Balaban J connectivity index is 1.30. The summed E-state index contributed by atoms with van der Waals surface area (Å²) in [6.07, 6.45) is 1.75. The number of nitrogens with zero attached hydrogens (tertiary/aromatic N) is 3. The fourth-order valence-corrected chi connectivity index (χ4v) is 4.89. The zero-order chi connectivity index (χ0) is 23.8. The number of aromatic nitrogens is 2. The number of carbonyl (C=O) groups is 3. The van der Waals surface area contributed by atoms with Crippen LogP contribution in [0.1, 0.15) is 40.2 Å². The number of aliphatic carboxylic acids is 1. The van der Waals surface area contributed by atoms with E-state index >= 15 is 0 Å². The van der Waals surface area contributed by atoms with Crippen LogP contribution >= 0.6 is 0 Å². The number of fused-ring (bicyclic) bond motifs is 3. The lowest BCUT2D eigenvalue weighted by Crippen LogP contribution is -2.40. The summed E-state index contributed by atoms with van der Waals surface area (Å²) in [4.78, 5) is 38.5. The second kappa shape index (κ2) is 8.66. The molecule has 2 aromatic carbocycles. The van der Waals surface area contributed by atoms with Crippen molar-refractivity contribution >= 4 is 23.8 Å². The van der Waals surface area contributed by atoms with Gasteiger partial charge in [0.05, 0.1) is 0 Å². The van der Waals surface area contributed by atoms with Crippen LogP contribution < -0.4 is 5.32 Å². The topological polar surface area (TPSA) is 114 Å². The molecule has 5 rings (SSSR count).